The number of methoxy groups -OCH3 is 1. The Morgan fingerprint density at radius 3 is 2.78 bits per heavy atom. The van der Waals surface area contributed by atoms with E-state index < -0.39 is 0 Å². The molecule has 27 heavy (non-hydrogen) atoms. The van der Waals surface area contributed by atoms with Gasteiger partial charge in [0.15, 0.2) is 5.96 Å². The lowest BCUT2D eigenvalue weighted by atomic mass is 10.2. The van der Waals surface area contributed by atoms with Gasteiger partial charge in [-0.2, -0.15) is 0 Å². The van der Waals surface area contributed by atoms with Crippen molar-refractivity contribution in [1.82, 2.24) is 15.5 Å². The van der Waals surface area contributed by atoms with E-state index in [-0.39, 0.29) is 24.0 Å². The zero-order chi connectivity index (χ0) is 18.5. The third-order valence-corrected chi connectivity index (χ3v) is 5.42. The number of unbranched alkanes of at least 4 members (excludes halogenated alkanes) is 2. The lowest BCUT2D eigenvalue weighted by molar-refractivity contribution is 0.0186. The van der Waals surface area contributed by atoms with Crippen molar-refractivity contribution in [3.8, 4) is 0 Å². The summed E-state index contributed by atoms with van der Waals surface area (Å²) in [5.41, 5.74) is 0. The molecule has 6 nitrogen and oxygen atoms in total. The molecule has 1 unspecified atom stereocenters. The summed E-state index contributed by atoms with van der Waals surface area (Å²) >= 11 is 1.81. The van der Waals surface area contributed by atoms with E-state index in [0.29, 0.717) is 6.04 Å². The third kappa shape index (κ3) is 9.56. The number of hydrogen-bond acceptors (Lipinski definition) is 5. The first-order valence-corrected chi connectivity index (χ1v) is 10.6. The van der Waals surface area contributed by atoms with Crippen molar-refractivity contribution >= 4 is 41.3 Å². The zero-order valence-electron chi connectivity index (χ0n) is 16.6. The second-order valence-corrected chi connectivity index (χ2v) is 7.36. The second-order valence-electron chi connectivity index (χ2n) is 6.38. The SMILES string of the molecule is CCNC(=NCC(c1cccs1)N1CCOCC1)NCCCCCOC.I. The topological polar surface area (TPSA) is 58.1 Å². The van der Waals surface area contributed by atoms with E-state index in [2.05, 4.69) is 40.0 Å². The van der Waals surface area contributed by atoms with Crippen molar-refractivity contribution in [3.63, 3.8) is 0 Å². The highest BCUT2D eigenvalue weighted by Gasteiger charge is 2.23. The van der Waals surface area contributed by atoms with Crippen LogP contribution in [0.3, 0.4) is 0 Å². The van der Waals surface area contributed by atoms with Gasteiger partial charge in [0.25, 0.3) is 0 Å². The van der Waals surface area contributed by atoms with Crippen molar-refractivity contribution in [2.45, 2.75) is 32.2 Å². The largest absolute Gasteiger partial charge is 0.385 e. The first-order valence-electron chi connectivity index (χ1n) is 9.71. The predicted octanol–water partition coefficient (Wildman–Crippen LogP) is 3.11. The van der Waals surface area contributed by atoms with Crippen LogP contribution >= 0.6 is 35.3 Å². The van der Waals surface area contributed by atoms with Crippen LogP contribution in [0.5, 0.6) is 0 Å². The van der Waals surface area contributed by atoms with Crippen molar-refractivity contribution in [2.24, 2.45) is 4.99 Å². The van der Waals surface area contributed by atoms with E-state index in [9.17, 15) is 0 Å². The molecule has 1 aromatic rings. The molecule has 2 N–H and O–H groups in total. The molecule has 2 heterocycles. The van der Waals surface area contributed by atoms with Gasteiger partial charge >= 0.3 is 0 Å². The van der Waals surface area contributed by atoms with Crippen molar-refractivity contribution in [3.05, 3.63) is 22.4 Å². The fourth-order valence-corrected chi connectivity index (χ4v) is 3.88. The molecule has 2 rings (SSSR count). The van der Waals surface area contributed by atoms with Gasteiger partial charge in [-0.3, -0.25) is 9.89 Å². The molecule has 1 fully saturated rings. The normalized spacial score (nSPS) is 16.6. The standard InChI is InChI=1S/C19H34N4O2S.HI/c1-3-20-19(21-9-5-4-6-12-24-2)22-16-17(18-8-7-15-26-18)23-10-13-25-14-11-23;/h7-8,15,17H,3-6,9-14,16H2,1-2H3,(H2,20,21,22);1H. The molecular weight excluding hydrogens is 475 g/mol. The van der Waals surface area contributed by atoms with Gasteiger partial charge in [0.1, 0.15) is 0 Å². The van der Waals surface area contributed by atoms with Gasteiger partial charge in [-0.1, -0.05) is 6.07 Å². The molecule has 1 aromatic heterocycles. The summed E-state index contributed by atoms with van der Waals surface area (Å²) in [5, 5.41) is 8.97. The van der Waals surface area contributed by atoms with Crippen LogP contribution in [0.25, 0.3) is 0 Å². The van der Waals surface area contributed by atoms with Crippen LogP contribution in [0.4, 0.5) is 0 Å². The van der Waals surface area contributed by atoms with Crippen LogP contribution in [0.15, 0.2) is 22.5 Å². The Labute approximate surface area is 185 Å². The molecule has 1 aliphatic heterocycles. The van der Waals surface area contributed by atoms with Crippen molar-refractivity contribution in [2.75, 3.05) is 59.7 Å². The summed E-state index contributed by atoms with van der Waals surface area (Å²) in [7, 11) is 1.76. The highest BCUT2D eigenvalue weighted by atomic mass is 127. The van der Waals surface area contributed by atoms with Gasteiger partial charge in [0.05, 0.1) is 25.8 Å². The molecule has 0 radical (unpaired) electrons. The van der Waals surface area contributed by atoms with E-state index in [1.165, 1.54) is 11.3 Å². The number of nitrogens with zero attached hydrogens (tertiary/aromatic N) is 2. The molecule has 1 atom stereocenters. The quantitative estimate of drug-likeness (QED) is 0.208. The first-order chi connectivity index (χ1) is 12.8. The van der Waals surface area contributed by atoms with Gasteiger partial charge in [-0.15, -0.1) is 35.3 Å². The van der Waals surface area contributed by atoms with Crippen LogP contribution < -0.4 is 10.6 Å². The van der Waals surface area contributed by atoms with Crippen molar-refractivity contribution in [1.29, 1.82) is 0 Å². The number of morpholine rings is 1. The average molecular weight is 510 g/mol. The van der Waals surface area contributed by atoms with Gasteiger partial charge in [-0.25, -0.2) is 0 Å². The average Bonchev–Trinajstić information content (AvgIpc) is 3.20. The molecule has 156 valence electrons. The molecule has 0 bridgehead atoms. The Kier molecular flexibility index (Phi) is 14.1. The van der Waals surface area contributed by atoms with Gasteiger partial charge in [0, 0.05) is 44.8 Å². The number of thiophene rings is 1. The maximum Gasteiger partial charge on any atom is 0.191 e. The minimum Gasteiger partial charge on any atom is -0.385 e. The molecular formula is C19H35IN4O2S. The maximum absolute atomic E-state index is 5.52. The van der Waals surface area contributed by atoms with E-state index >= 15 is 0 Å². The van der Waals surface area contributed by atoms with Gasteiger partial charge < -0.3 is 20.1 Å². The summed E-state index contributed by atoms with van der Waals surface area (Å²) in [6, 6.07) is 4.67. The monoisotopic (exact) mass is 510 g/mol. The number of rotatable bonds is 11. The fourth-order valence-electron chi connectivity index (χ4n) is 3.03. The fraction of sp³-hybridized carbons (Fsp3) is 0.737. The summed E-state index contributed by atoms with van der Waals surface area (Å²) in [6.45, 7) is 9.09. The number of nitrogens with one attached hydrogen (secondary N) is 2. The summed E-state index contributed by atoms with van der Waals surface area (Å²) in [4.78, 5) is 8.75. The minimum absolute atomic E-state index is 0. The lowest BCUT2D eigenvalue weighted by Gasteiger charge is -2.33. The highest BCUT2D eigenvalue weighted by molar-refractivity contribution is 14.0. The third-order valence-electron chi connectivity index (χ3n) is 4.44. The van der Waals surface area contributed by atoms with Crippen LogP contribution in [0, 0.1) is 0 Å². The molecule has 0 aromatic carbocycles. The molecule has 0 amide bonds. The Hall–Kier alpha value is -0.420. The summed E-state index contributed by atoms with van der Waals surface area (Å²) < 4.78 is 10.6. The Morgan fingerprint density at radius 2 is 2.11 bits per heavy atom. The second kappa shape index (κ2) is 15.5. The number of halogens is 1. The Balaban J connectivity index is 0.00000364. The van der Waals surface area contributed by atoms with Crippen LogP contribution in [-0.2, 0) is 9.47 Å². The van der Waals surface area contributed by atoms with E-state index in [4.69, 9.17) is 14.5 Å². The minimum atomic E-state index is 0. The zero-order valence-corrected chi connectivity index (χ0v) is 19.8. The number of aliphatic imine (C=N–C) groups is 1. The molecule has 0 aliphatic carbocycles. The number of guanidine groups is 1. The summed E-state index contributed by atoms with van der Waals surface area (Å²) in [6.07, 6.45) is 3.42. The highest BCUT2D eigenvalue weighted by Crippen LogP contribution is 2.26. The first kappa shape index (κ1) is 24.6. The lowest BCUT2D eigenvalue weighted by Crippen LogP contribution is -2.41. The smallest absolute Gasteiger partial charge is 0.191 e. The Bertz CT molecular complexity index is 496. The van der Waals surface area contributed by atoms with Crippen molar-refractivity contribution < 1.29 is 9.47 Å². The molecule has 8 heteroatoms. The summed E-state index contributed by atoms with van der Waals surface area (Å²) in [5.74, 6) is 0.911. The van der Waals surface area contributed by atoms with E-state index in [1.54, 1.807) is 7.11 Å². The van der Waals surface area contributed by atoms with E-state index in [0.717, 1.165) is 71.3 Å². The number of hydrogen-bond donors (Lipinski definition) is 2. The predicted molar refractivity (Wildman–Crippen MR) is 125 cm³/mol. The molecule has 0 saturated carbocycles. The van der Waals surface area contributed by atoms with Crippen LogP contribution in [-0.4, -0.2) is 70.5 Å². The molecule has 0 spiro atoms. The van der Waals surface area contributed by atoms with Gasteiger partial charge in [0.2, 0.25) is 0 Å². The van der Waals surface area contributed by atoms with Crippen LogP contribution in [0.1, 0.15) is 37.1 Å². The Morgan fingerprint density at radius 1 is 1.30 bits per heavy atom. The maximum atomic E-state index is 5.52. The van der Waals surface area contributed by atoms with Crippen LogP contribution in [0.2, 0.25) is 0 Å². The van der Waals surface area contributed by atoms with Gasteiger partial charge in [-0.05, 0) is 37.6 Å². The van der Waals surface area contributed by atoms with E-state index in [1.807, 2.05) is 11.3 Å². The molecule has 1 aliphatic rings. The number of ether oxygens (including phenoxy) is 2. The molecule has 1 saturated heterocycles.